The lowest BCUT2D eigenvalue weighted by molar-refractivity contribution is 0.102. The quantitative estimate of drug-likeness (QED) is 0.775. The number of carbonyl (C=O) groups is 1. The number of carbonyl (C=O) groups excluding carboxylic acids is 1. The van der Waals surface area contributed by atoms with Gasteiger partial charge in [-0.1, -0.05) is 29.9 Å². The summed E-state index contributed by atoms with van der Waals surface area (Å²) in [4.78, 5) is 12.2. The Morgan fingerprint density at radius 1 is 1.40 bits per heavy atom. The lowest BCUT2D eigenvalue weighted by Gasteiger charge is -1.98. The van der Waals surface area contributed by atoms with Crippen molar-refractivity contribution in [1.82, 2.24) is 20.4 Å². The van der Waals surface area contributed by atoms with Gasteiger partial charge in [-0.05, 0) is 25.5 Å². The number of H-pyrrole nitrogens is 1. The maximum atomic E-state index is 12.2. The van der Waals surface area contributed by atoms with Crippen LogP contribution in [0, 0.1) is 6.92 Å². The van der Waals surface area contributed by atoms with Crippen LogP contribution in [0.1, 0.15) is 28.0 Å². The molecule has 1 aromatic carbocycles. The molecule has 1 amide bonds. The summed E-state index contributed by atoms with van der Waals surface area (Å²) in [5.41, 5.74) is 2.29. The zero-order valence-corrected chi connectivity index (χ0v) is 11.9. The van der Waals surface area contributed by atoms with Crippen LogP contribution in [0.2, 0.25) is 0 Å². The Labute approximate surface area is 119 Å². The van der Waals surface area contributed by atoms with Gasteiger partial charge in [0.05, 0.1) is 5.52 Å². The van der Waals surface area contributed by atoms with E-state index in [4.69, 9.17) is 0 Å². The highest BCUT2D eigenvalue weighted by atomic mass is 32.1. The molecule has 0 aliphatic heterocycles. The van der Waals surface area contributed by atoms with E-state index in [-0.39, 0.29) is 5.91 Å². The summed E-state index contributed by atoms with van der Waals surface area (Å²) in [5, 5.41) is 19.8. The van der Waals surface area contributed by atoms with Crippen molar-refractivity contribution in [2.24, 2.45) is 0 Å². The SMILES string of the molecule is CCc1nnc(NC(=O)c2n[nH]c3ccc(C)cc23)s1. The molecule has 3 rings (SSSR count). The molecule has 0 aliphatic rings. The van der Waals surface area contributed by atoms with Crippen molar-refractivity contribution in [3.63, 3.8) is 0 Å². The maximum absolute atomic E-state index is 12.2. The van der Waals surface area contributed by atoms with Crippen molar-refractivity contribution in [2.45, 2.75) is 20.3 Å². The van der Waals surface area contributed by atoms with E-state index >= 15 is 0 Å². The molecule has 0 bridgehead atoms. The summed E-state index contributed by atoms with van der Waals surface area (Å²) in [6.45, 7) is 3.97. The third-order valence-corrected chi connectivity index (χ3v) is 3.91. The number of rotatable bonds is 3. The minimum absolute atomic E-state index is 0.277. The Bertz CT molecular complexity index is 776. The van der Waals surface area contributed by atoms with Crippen molar-refractivity contribution in [3.05, 3.63) is 34.5 Å². The third-order valence-electron chi connectivity index (χ3n) is 2.92. The van der Waals surface area contributed by atoms with Crippen molar-refractivity contribution in [1.29, 1.82) is 0 Å². The van der Waals surface area contributed by atoms with Crippen LogP contribution >= 0.6 is 11.3 Å². The molecule has 0 saturated carbocycles. The molecule has 0 saturated heterocycles. The van der Waals surface area contributed by atoms with Crippen LogP contribution in [0.25, 0.3) is 10.9 Å². The van der Waals surface area contributed by atoms with Crippen molar-refractivity contribution < 1.29 is 4.79 Å². The molecule has 20 heavy (non-hydrogen) atoms. The Morgan fingerprint density at radius 3 is 3.00 bits per heavy atom. The van der Waals surface area contributed by atoms with Crippen molar-refractivity contribution >= 4 is 33.3 Å². The number of fused-ring (bicyclic) bond motifs is 1. The molecule has 0 unspecified atom stereocenters. The molecule has 2 N–H and O–H groups in total. The lowest BCUT2D eigenvalue weighted by Crippen LogP contribution is -2.12. The maximum Gasteiger partial charge on any atom is 0.278 e. The summed E-state index contributed by atoms with van der Waals surface area (Å²) < 4.78 is 0. The zero-order valence-electron chi connectivity index (χ0n) is 11.1. The number of aryl methyl sites for hydroxylation is 2. The summed E-state index contributed by atoms with van der Waals surface area (Å²) in [6.07, 6.45) is 0.804. The van der Waals surface area contributed by atoms with Gasteiger partial charge in [0.2, 0.25) is 5.13 Å². The van der Waals surface area contributed by atoms with E-state index in [2.05, 4.69) is 25.7 Å². The van der Waals surface area contributed by atoms with E-state index in [1.165, 1.54) is 11.3 Å². The van der Waals surface area contributed by atoms with E-state index in [9.17, 15) is 4.79 Å². The van der Waals surface area contributed by atoms with Gasteiger partial charge in [0, 0.05) is 5.39 Å². The average Bonchev–Trinajstić information content (AvgIpc) is 3.04. The molecule has 0 fully saturated rings. The predicted molar refractivity (Wildman–Crippen MR) is 78.1 cm³/mol. The standard InChI is InChI=1S/C13H13N5OS/c1-3-10-16-18-13(20-10)14-12(19)11-8-6-7(2)4-5-9(8)15-17-11/h4-6H,3H2,1-2H3,(H,15,17)(H,14,18,19). The predicted octanol–water partition coefficient (Wildman–Crippen LogP) is 2.54. The highest BCUT2D eigenvalue weighted by Crippen LogP contribution is 2.20. The number of aromatic nitrogens is 4. The molecule has 0 spiro atoms. The van der Waals surface area contributed by atoms with E-state index in [1.807, 2.05) is 32.0 Å². The molecule has 7 heteroatoms. The Hall–Kier alpha value is -2.28. The molecule has 3 aromatic rings. The van der Waals surface area contributed by atoms with Crippen LogP contribution in [-0.4, -0.2) is 26.3 Å². The summed E-state index contributed by atoms with van der Waals surface area (Å²) in [6, 6.07) is 5.82. The first-order chi connectivity index (χ1) is 9.67. The van der Waals surface area contributed by atoms with Gasteiger partial charge in [0.25, 0.3) is 5.91 Å². The van der Waals surface area contributed by atoms with Gasteiger partial charge in [0.15, 0.2) is 5.69 Å². The van der Waals surface area contributed by atoms with Gasteiger partial charge in [-0.2, -0.15) is 5.10 Å². The number of nitrogens with one attached hydrogen (secondary N) is 2. The fourth-order valence-corrected chi connectivity index (χ4v) is 2.58. The van der Waals surface area contributed by atoms with E-state index < -0.39 is 0 Å². The number of nitrogens with zero attached hydrogens (tertiary/aromatic N) is 3. The normalized spacial score (nSPS) is 10.9. The Kier molecular flexibility index (Phi) is 3.19. The second kappa shape index (κ2) is 5.01. The fourth-order valence-electron chi connectivity index (χ4n) is 1.90. The van der Waals surface area contributed by atoms with Gasteiger partial charge < -0.3 is 0 Å². The first-order valence-corrected chi connectivity index (χ1v) is 7.07. The number of hydrogen-bond acceptors (Lipinski definition) is 5. The molecular weight excluding hydrogens is 274 g/mol. The van der Waals surface area contributed by atoms with Crippen LogP contribution in [0.5, 0.6) is 0 Å². The van der Waals surface area contributed by atoms with E-state index in [1.54, 1.807) is 0 Å². The molecule has 2 heterocycles. The van der Waals surface area contributed by atoms with Gasteiger partial charge >= 0.3 is 0 Å². The Balaban J connectivity index is 1.90. The van der Waals surface area contributed by atoms with Crippen LogP contribution in [0.4, 0.5) is 5.13 Å². The van der Waals surface area contributed by atoms with E-state index in [0.29, 0.717) is 10.8 Å². The average molecular weight is 287 g/mol. The molecule has 2 aromatic heterocycles. The topological polar surface area (TPSA) is 83.6 Å². The minimum Gasteiger partial charge on any atom is -0.295 e. The number of amides is 1. The number of aromatic amines is 1. The molecular formula is C13H13N5OS. The number of benzene rings is 1. The first kappa shape index (κ1) is 12.7. The highest BCUT2D eigenvalue weighted by Gasteiger charge is 2.16. The van der Waals surface area contributed by atoms with Crippen LogP contribution < -0.4 is 5.32 Å². The zero-order chi connectivity index (χ0) is 14.1. The molecule has 0 atom stereocenters. The minimum atomic E-state index is -0.277. The van der Waals surface area contributed by atoms with Crippen molar-refractivity contribution in [2.75, 3.05) is 5.32 Å². The third kappa shape index (κ3) is 2.27. The largest absolute Gasteiger partial charge is 0.295 e. The van der Waals surface area contributed by atoms with Gasteiger partial charge in [-0.15, -0.1) is 10.2 Å². The monoisotopic (exact) mass is 287 g/mol. The summed E-state index contributed by atoms with van der Waals surface area (Å²) in [5.74, 6) is -0.277. The van der Waals surface area contributed by atoms with Gasteiger partial charge in [0.1, 0.15) is 5.01 Å². The van der Waals surface area contributed by atoms with E-state index in [0.717, 1.165) is 27.9 Å². The number of hydrogen-bond donors (Lipinski definition) is 2. The highest BCUT2D eigenvalue weighted by molar-refractivity contribution is 7.15. The lowest BCUT2D eigenvalue weighted by atomic mass is 10.1. The summed E-state index contributed by atoms with van der Waals surface area (Å²) >= 11 is 1.37. The molecule has 0 aliphatic carbocycles. The smallest absolute Gasteiger partial charge is 0.278 e. The van der Waals surface area contributed by atoms with Crippen molar-refractivity contribution in [3.8, 4) is 0 Å². The first-order valence-electron chi connectivity index (χ1n) is 6.26. The molecule has 6 nitrogen and oxygen atoms in total. The van der Waals surface area contributed by atoms with Crippen LogP contribution in [0.3, 0.4) is 0 Å². The fraction of sp³-hybridized carbons (Fsp3) is 0.231. The van der Waals surface area contributed by atoms with Gasteiger partial charge in [-0.25, -0.2) is 0 Å². The van der Waals surface area contributed by atoms with Crippen LogP contribution in [-0.2, 0) is 6.42 Å². The summed E-state index contributed by atoms with van der Waals surface area (Å²) in [7, 11) is 0. The van der Waals surface area contributed by atoms with Gasteiger partial charge in [-0.3, -0.25) is 15.2 Å². The van der Waals surface area contributed by atoms with Crippen LogP contribution in [0.15, 0.2) is 18.2 Å². The second-order valence-electron chi connectivity index (χ2n) is 4.43. The number of anilines is 1. The molecule has 102 valence electrons. The second-order valence-corrected chi connectivity index (χ2v) is 5.49. The Morgan fingerprint density at radius 2 is 2.25 bits per heavy atom. The molecule has 0 radical (unpaired) electrons.